The highest BCUT2D eigenvalue weighted by atomic mass is 16.5. The highest BCUT2D eigenvalue weighted by molar-refractivity contribution is 6.09. The summed E-state index contributed by atoms with van der Waals surface area (Å²) < 4.78 is 17.5. The molecule has 0 amide bonds. The lowest BCUT2D eigenvalue weighted by atomic mass is 9.69. The normalized spacial score (nSPS) is 20.6. The number of Topliss-reactive ketones (excluding diaryl/α,β-unsaturated/α-hetero) is 1. The van der Waals surface area contributed by atoms with Crippen molar-refractivity contribution >= 4 is 17.5 Å². The molecule has 0 N–H and O–H groups in total. The molecule has 206 valence electrons. The van der Waals surface area contributed by atoms with Crippen molar-refractivity contribution in [3.05, 3.63) is 107 Å². The average molecular weight is 538 g/mol. The smallest absolute Gasteiger partial charge is 0.315 e. The van der Waals surface area contributed by atoms with E-state index < -0.39 is 11.8 Å². The van der Waals surface area contributed by atoms with Crippen molar-refractivity contribution in [1.82, 2.24) is 0 Å². The van der Waals surface area contributed by atoms with E-state index in [0.29, 0.717) is 42.2 Å². The van der Waals surface area contributed by atoms with E-state index in [9.17, 15) is 9.59 Å². The van der Waals surface area contributed by atoms with Crippen molar-refractivity contribution in [2.45, 2.75) is 58.2 Å². The van der Waals surface area contributed by atoms with Crippen molar-refractivity contribution in [2.24, 2.45) is 10.9 Å². The molecule has 0 saturated carbocycles. The van der Waals surface area contributed by atoms with Crippen molar-refractivity contribution in [2.75, 3.05) is 7.11 Å². The van der Waals surface area contributed by atoms with E-state index in [0.717, 1.165) is 22.4 Å². The summed E-state index contributed by atoms with van der Waals surface area (Å²) in [5, 5.41) is 0. The van der Waals surface area contributed by atoms with Gasteiger partial charge in [0.1, 0.15) is 12.5 Å². The number of hydrogen-bond acceptors (Lipinski definition) is 6. The lowest BCUT2D eigenvalue weighted by Gasteiger charge is -2.37. The van der Waals surface area contributed by atoms with Crippen molar-refractivity contribution in [1.29, 1.82) is 0 Å². The molecule has 3 aromatic rings. The molecule has 1 heterocycles. The van der Waals surface area contributed by atoms with Gasteiger partial charge in [-0.3, -0.25) is 14.6 Å². The molecule has 5 rings (SSSR count). The van der Waals surface area contributed by atoms with Gasteiger partial charge in [-0.1, -0.05) is 66.7 Å². The van der Waals surface area contributed by atoms with Gasteiger partial charge in [-0.05, 0) is 61.9 Å². The van der Waals surface area contributed by atoms with Gasteiger partial charge in [-0.2, -0.15) is 0 Å². The number of hydrogen-bond donors (Lipinski definition) is 0. The van der Waals surface area contributed by atoms with E-state index in [-0.39, 0.29) is 23.8 Å². The molecule has 6 nitrogen and oxygen atoms in total. The molecule has 0 fully saturated rings. The van der Waals surface area contributed by atoms with Crippen LogP contribution in [-0.2, 0) is 20.9 Å². The van der Waals surface area contributed by atoms with E-state index in [1.165, 1.54) is 0 Å². The van der Waals surface area contributed by atoms with Gasteiger partial charge in [0.15, 0.2) is 17.3 Å². The van der Waals surface area contributed by atoms with E-state index in [1.54, 1.807) is 7.11 Å². The number of ether oxygens (including phenoxy) is 3. The molecular weight excluding hydrogens is 502 g/mol. The predicted molar refractivity (Wildman–Crippen MR) is 155 cm³/mol. The number of aliphatic imine (C=N–C) groups is 1. The number of nitrogens with zero attached hydrogens (tertiary/aromatic N) is 1. The Morgan fingerprint density at radius 2 is 1.62 bits per heavy atom. The van der Waals surface area contributed by atoms with Crippen molar-refractivity contribution in [3.8, 4) is 11.5 Å². The molecule has 1 aliphatic heterocycles. The van der Waals surface area contributed by atoms with Crippen LogP contribution in [0.2, 0.25) is 0 Å². The monoisotopic (exact) mass is 537 g/mol. The van der Waals surface area contributed by atoms with Gasteiger partial charge in [0, 0.05) is 29.3 Å². The van der Waals surface area contributed by atoms with Crippen molar-refractivity contribution < 1.29 is 23.8 Å². The number of carbonyl (C=O) groups is 2. The topological polar surface area (TPSA) is 74.2 Å². The van der Waals surface area contributed by atoms with Gasteiger partial charge in [0.2, 0.25) is 0 Å². The molecule has 0 radical (unpaired) electrons. The zero-order chi connectivity index (χ0) is 28.2. The summed E-state index contributed by atoms with van der Waals surface area (Å²) in [4.78, 5) is 32.2. The second-order valence-corrected chi connectivity index (χ2v) is 10.7. The Labute approximate surface area is 235 Å². The van der Waals surface area contributed by atoms with Crippen molar-refractivity contribution in [3.63, 3.8) is 0 Å². The quantitative estimate of drug-likeness (QED) is 0.296. The molecule has 0 saturated heterocycles. The molecule has 2 aliphatic rings. The molecule has 3 atom stereocenters. The molecule has 6 heteroatoms. The van der Waals surface area contributed by atoms with Crippen LogP contribution >= 0.6 is 0 Å². The van der Waals surface area contributed by atoms with Gasteiger partial charge in [-0.15, -0.1) is 0 Å². The summed E-state index contributed by atoms with van der Waals surface area (Å²) in [6.45, 7) is 5.90. The third-order valence-corrected chi connectivity index (χ3v) is 7.55. The number of rotatable bonds is 8. The number of carbonyl (C=O) groups excluding carboxylic acids is 2. The Hall–Kier alpha value is -4.19. The first-order valence-electron chi connectivity index (χ1n) is 13.8. The standard InChI is InChI=1S/C34H35NO5/c1-21(2)40-34(37)31-22(3)35-27-17-26(24-13-9-6-10-14-24)18-28(36)33(27)32(31)25-15-16-29(30(19-25)38-4)39-20-23-11-7-5-8-12-23/h5-16,19,21,26,31-32H,17-18,20H2,1-4H3/t26-,31?,32-/m0/s1. The van der Waals surface area contributed by atoms with Crippen LogP contribution in [0.1, 0.15) is 62.1 Å². The second-order valence-electron chi connectivity index (χ2n) is 10.7. The summed E-state index contributed by atoms with van der Waals surface area (Å²) in [5.74, 6) is -0.425. The fourth-order valence-corrected chi connectivity index (χ4v) is 5.72. The average Bonchev–Trinajstić information content (AvgIpc) is 2.95. The lowest BCUT2D eigenvalue weighted by Crippen LogP contribution is -2.38. The zero-order valence-electron chi connectivity index (χ0n) is 23.4. The molecule has 0 aromatic heterocycles. The maximum atomic E-state index is 13.8. The number of methoxy groups -OCH3 is 1. The number of ketones is 1. The molecule has 40 heavy (non-hydrogen) atoms. The summed E-state index contributed by atoms with van der Waals surface area (Å²) in [5.41, 5.74) is 4.96. The summed E-state index contributed by atoms with van der Waals surface area (Å²) in [6, 6.07) is 25.6. The predicted octanol–water partition coefficient (Wildman–Crippen LogP) is 6.80. The third-order valence-electron chi connectivity index (χ3n) is 7.55. The molecular formula is C34H35NO5. The van der Waals surface area contributed by atoms with Gasteiger partial charge >= 0.3 is 5.97 Å². The maximum Gasteiger partial charge on any atom is 0.315 e. The first-order valence-corrected chi connectivity index (χ1v) is 13.8. The van der Waals surface area contributed by atoms with Gasteiger partial charge in [-0.25, -0.2) is 0 Å². The molecule has 0 bridgehead atoms. The van der Waals surface area contributed by atoms with Gasteiger partial charge in [0.05, 0.1) is 13.2 Å². The van der Waals surface area contributed by atoms with Crippen LogP contribution < -0.4 is 9.47 Å². The first-order chi connectivity index (χ1) is 19.4. The molecule has 0 spiro atoms. The molecule has 3 aromatic carbocycles. The van der Waals surface area contributed by atoms with Crippen LogP contribution in [-0.4, -0.2) is 30.7 Å². The lowest BCUT2D eigenvalue weighted by molar-refractivity contribution is -0.150. The highest BCUT2D eigenvalue weighted by Crippen LogP contribution is 2.48. The summed E-state index contributed by atoms with van der Waals surface area (Å²) in [6.07, 6.45) is 0.722. The minimum absolute atomic E-state index is 0.0158. The largest absolute Gasteiger partial charge is 0.493 e. The minimum Gasteiger partial charge on any atom is -0.493 e. The number of benzene rings is 3. The van der Waals surface area contributed by atoms with Gasteiger partial charge < -0.3 is 14.2 Å². The first kappa shape index (κ1) is 27.4. The van der Waals surface area contributed by atoms with Gasteiger partial charge in [0.25, 0.3) is 0 Å². The second kappa shape index (κ2) is 11.9. The Kier molecular flexibility index (Phi) is 8.15. The Morgan fingerprint density at radius 1 is 0.925 bits per heavy atom. The number of esters is 1. The van der Waals surface area contributed by atoms with Crippen LogP contribution in [0.3, 0.4) is 0 Å². The van der Waals surface area contributed by atoms with E-state index in [2.05, 4.69) is 12.1 Å². The van der Waals surface area contributed by atoms with E-state index >= 15 is 0 Å². The van der Waals surface area contributed by atoms with E-state index in [1.807, 2.05) is 87.5 Å². The van der Waals surface area contributed by atoms with Crippen LogP contribution in [0.25, 0.3) is 0 Å². The van der Waals surface area contributed by atoms with E-state index in [4.69, 9.17) is 19.2 Å². The summed E-state index contributed by atoms with van der Waals surface area (Å²) in [7, 11) is 1.59. The Morgan fingerprint density at radius 3 is 2.30 bits per heavy atom. The minimum atomic E-state index is -0.709. The van der Waals surface area contributed by atoms with Crippen LogP contribution in [0, 0.1) is 5.92 Å². The maximum absolute atomic E-state index is 13.8. The van der Waals surface area contributed by atoms with Crippen LogP contribution in [0.5, 0.6) is 11.5 Å². The Bertz CT molecular complexity index is 1440. The highest BCUT2D eigenvalue weighted by Gasteiger charge is 2.45. The SMILES string of the molecule is COc1cc([C@@H]2C3=C(C[C@H](c4ccccc4)CC3=O)N=C(C)C2C(=O)OC(C)C)ccc1OCc1ccccc1. The fourth-order valence-electron chi connectivity index (χ4n) is 5.72. The molecule has 1 aliphatic carbocycles. The zero-order valence-corrected chi connectivity index (χ0v) is 23.4. The van der Waals surface area contributed by atoms with Crippen LogP contribution in [0.4, 0.5) is 0 Å². The number of allylic oxidation sites excluding steroid dienone is 2. The fraction of sp³-hybridized carbons (Fsp3) is 0.324. The summed E-state index contributed by atoms with van der Waals surface area (Å²) >= 11 is 0. The molecule has 1 unspecified atom stereocenters. The third kappa shape index (κ3) is 5.71. The Balaban J connectivity index is 1.53. The van der Waals surface area contributed by atoms with Crippen LogP contribution in [0.15, 0.2) is 95.1 Å².